The summed E-state index contributed by atoms with van der Waals surface area (Å²) in [6.45, 7) is 2.02. The van der Waals surface area contributed by atoms with E-state index in [9.17, 15) is 5.11 Å². The van der Waals surface area contributed by atoms with Crippen LogP contribution in [0.4, 0.5) is 0 Å². The largest absolute Gasteiger partial charge is 0.508 e. The zero-order chi connectivity index (χ0) is 16.7. The molecule has 2 aromatic heterocycles. The topological polar surface area (TPSA) is 59.2 Å². The number of phenolic OH excluding ortho intramolecular Hbond substituents is 1. The summed E-state index contributed by atoms with van der Waals surface area (Å²) in [5.41, 5.74) is 4.20. The summed E-state index contributed by atoms with van der Waals surface area (Å²) < 4.78 is 5.45. The molecular weight excluding hydrogens is 324 g/mol. The van der Waals surface area contributed by atoms with Gasteiger partial charge in [0.05, 0.1) is 11.1 Å². The molecule has 4 nitrogen and oxygen atoms in total. The summed E-state index contributed by atoms with van der Waals surface area (Å²) in [4.78, 5) is 4.45. The van der Waals surface area contributed by atoms with Crippen LogP contribution in [-0.4, -0.2) is 15.2 Å². The number of phenols is 1. The predicted molar refractivity (Wildman–Crippen MR) is 94.1 cm³/mol. The maximum absolute atomic E-state index is 9.37. The SMILES string of the molecule is Cc1ccc2cc(-c3cc(-c4ccc(O)cc4)no3)c(Cl)nc2c1. The fourth-order valence-electron chi connectivity index (χ4n) is 2.60. The molecule has 0 spiro atoms. The summed E-state index contributed by atoms with van der Waals surface area (Å²) in [7, 11) is 0. The number of hydrogen-bond donors (Lipinski definition) is 1. The first-order valence-corrected chi connectivity index (χ1v) is 7.81. The molecule has 0 aliphatic carbocycles. The molecule has 2 aromatic carbocycles. The van der Waals surface area contributed by atoms with Gasteiger partial charge in [-0.05, 0) is 48.9 Å². The molecule has 2 heterocycles. The highest BCUT2D eigenvalue weighted by molar-refractivity contribution is 6.32. The minimum atomic E-state index is 0.208. The molecule has 1 N–H and O–H groups in total. The third-order valence-electron chi connectivity index (χ3n) is 3.87. The van der Waals surface area contributed by atoms with Gasteiger partial charge in [0.25, 0.3) is 0 Å². The number of nitrogens with zero attached hydrogens (tertiary/aromatic N) is 2. The number of pyridine rings is 1. The van der Waals surface area contributed by atoms with Gasteiger partial charge in [-0.15, -0.1) is 0 Å². The van der Waals surface area contributed by atoms with Gasteiger partial charge in [0.2, 0.25) is 0 Å². The number of aromatic hydroxyl groups is 1. The maximum atomic E-state index is 9.37. The molecule has 0 atom stereocenters. The van der Waals surface area contributed by atoms with E-state index >= 15 is 0 Å². The lowest BCUT2D eigenvalue weighted by atomic mass is 10.1. The van der Waals surface area contributed by atoms with Crippen LogP contribution in [0.3, 0.4) is 0 Å². The fourth-order valence-corrected chi connectivity index (χ4v) is 2.84. The molecule has 0 fully saturated rings. The van der Waals surface area contributed by atoms with Crippen molar-refractivity contribution in [1.29, 1.82) is 0 Å². The van der Waals surface area contributed by atoms with Crippen molar-refractivity contribution < 1.29 is 9.63 Å². The van der Waals surface area contributed by atoms with Crippen LogP contribution in [-0.2, 0) is 0 Å². The summed E-state index contributed by atoms with van der Waals surface area (Å²) in [6, 6.07) is 16.6. The maximum Gasteiger partial charge on any atom is 0.170 e. The van der Waals surface area contributed by atoms with Crippen molar-refractivity contribution in [3.05, 3.63) is 65.3 Å². The number of hydrogen-bond acceptors (Lipinski definition) is 4. The molecule has 24 heavy (non-hydrogen) atoms. The Kier molecular flexibility index (Phi) is 3.47. The summed E-state index contributed by atoms with van der Waals surface area (Å²) in [5, 5.41) is 14.8. The Hall–Kier alpha value is -2.85. The molecule has 0 aliphatic rings. The van der Waals surface area contributed by atoms with Crippen molar-refractivity contribution in [3.63, 3.8) is 0 Å². The molecule has 5 heteroatoms. The van der Waals surface area contributed by atoms with Crippen LogP contribution < -0.4 is 0 Å². The van der Waals surface area contributed by atoms with E-state index in [2.05, 4.69) is 10.1 Å². The first-order valence-electron chi connectivity index (χ1n) is 7.43. The number of rotatable bonds is 2. The molecule has 0 amide bonds. The van der Waals surface area contributed by atoms with E-state index in [1.807, 2.05) is 37.3 Å². The second-order valence-corrected chi connectivity index (χ2v) is 6.00. The molecule has 0 aliphatic heterocycles. The van der Waals surface area contributed by atoms with Gasteiger partial charge in [0.15, 0.2) is 5.76 Å². The lowest BCUT2D eigenvalue weighted by molar-refractivity contribution is 0.435. The third kappa shape index (κ3) is 2.61. The van der Waals surface area contributed by atoms with Gasteiger partial charge in [-0.3, -0.25) is 0 Å². The molecule has 0 bridgehead atoms. The first kappa shape index (κ1) is 14.7. The zero-order valence-corrected chi connectivity index (χ0v) is 13.6. The average molecular weight is 337 g/mol. The molecule has 0 unspecified atom stereocenters. The summed E-state index contributed by atoms with van der Waals surface area (Å²) in [6.07, 6.45) is 0. The molecular formula is C19H13ClN2O2. The smallest absolute Gasteiger partial charge is 0.170 e. The zero-order valence-electron chi connectivity index (χ0n) is 12.8. The second-order valence-electron chi connectivity index (χ2n) is 5.65. The number of halogens is 1. The van der Waals surface area contributed by atoms with E-state index in [4.69, 9.17) is 16.1 Å². The van der Waals surface area contributed by atoms with Gasteiger partial charge >= 0.3 is 0 Å². The predicted octanol–water partition coefficient (Wildman–Crippen LogP) is 5.22. The van der Waals surface area contributed by atoms with Crippen LogP contribution in [0.1, 0.15) is 5.56 Å². The number of aryl methyl sites for hydroxylation is 1. The van der Waals surface area contributed by atoms with Crippen molar-refractivity contribution in [2.75, 3.05) is 0 Å². The van der Waals surface area contributed by atoms with Crippen LogP contribution in [0.5, 0.6) is 5.75 Å². The molecule has 4 rings (SSSR count). The van der Waals surface area contributed by atoms with Crippen LogP contribution in [0.25, 0.3) is 33.5 Å². The van der Waals surface area contributed by atoms with E-state index in [0.717, 1.165) is 22.0 Å². The molecule has 0 saturated heterocycles. The Labute approximate surface area is 143 Å². The van der Waals surface area contributed by atoms with E-state index in [-0.39, 0.29) is 5.75 Å². The second kappa shape index (κ2) is 5.65. The Bertz CT molecular complexity index is 1040. The highest BCUT2D eigenvalue weighted by atomic mass is 35.5. The van der Waals surface area contributed by atoms with Crippen molar-refractivity contribution in [3.8, 4) is 28.3 Å². The van der Waals surface area contributed by atoms with E-state index in [0.29, 0.717) is 22.2 Å². The van der Waals surface area contributed by atoms with Gasteiger partial charge in [0.1, 0.15) is 16.6 Å². The number of benzene rings is 2. The highest BCUT2D eigenvalue weighted by Crippen LogP contribution is 2.33. The Morgan fingerprint density at radius 2 is 1.79 bits per heavy atom. The number of fused-ring (bicyclic) bond motifs is 1. The van der Waals surface area contributed by atoms with Crippen molar-refractivity contribution >= 4 is 22.5 Å². The van der Waals surface area contributed by atoms with E-state index < -0.39 is 0 Å². The van der Waals surface area contributed by atoms with Crippen LogP contribution >= 0.6 is 11.6 Å². The minimum Gasteiger partial charge on any atom is -0.508 e. The minimum absolute atomic E-state index is 0.208. The molecule has 4 aromatic rings. The van der Waals surface area contributed by atoms with Gasteiger partial charge in [0, 0.05) is 17.0 Å². The van der Waals surface area contributed by atoms with Gasteiger partial charge in [-0.25, -0.2) is 4.98 Å². The van der Waals surface area contributed by atoms with Crippen LogP contribution in [0.15, 0.2) is 59.1 Å². The van der Waals surface area contributed by atoms with Crippen molar-refractivity contribution in [2.24, 2.45) is 0 Å². The molecule has 0 saturated carbocycles. The van der Waals surface area contributed by atoms with Crippen molar-refractivity contribution in [1.82, 2.24) is 10.1 Å². The standard InChI is InChI=1S/C19H13ClN2O2/c1-11-2-3-13-9-15(19(20)21-16(13)8-11)18-10-17(22-24-18)12-4-6-14(23)7-5-12/h2-10,23H,1H3. The normalized spacial score (nSPS) is 11.1. The summed E-state index contributed by atoms with van der Waals surface area (Å²) >= 11 is 6.33. The number of aromatic nitrogens is 2. The summed E-state index contributed by atoms with van der Waals surface area (Å²) in [5.74, 6) is 0.762. The third-order valence-corrected chi connectivity index (χ3v) is 4.15. The molecule has 0 radical (unpaired) electrons. The lowest BCUT2D eigenvalue weighted by Crippen LogP contribution is -1.86. The van der Waals surface area contributed by atoms with E-state index in [1.54, 1.807) is 24.3 Å². The van der Waals surface area contributed by atoms with E-state index in [1.165, 1.54) is 0 Å². The lowest BCUT2D eigenvalue weighted by Gasteiger charge is -2.03. The van der Waals surface area contributed by atoms with Gasteiger partial charge in [-0.1, -0.05) is 28.9 Å². The van der Waals surface area contributed by atoms with Gasteiger partial charge < -0.3 is 9.63 Å². The van der Waals surface area contributed by atoms with Crippen molar-refractivity contribution in [2.45, 2.75) is 6.92 Å². The Morgan fingerprint density at radius 3 is 2.58 bits per heavy atom. The monoisotopic (exact) mass is 336 g/mol. The van der Waals surface area contributed by atoms with Gasteiger partial charge in [-0.2, -0.15) is 0 Å². The first-order chi connectivity index (χ1) is 11.6. The van der Waals surface area contributed by atoms with Crippen LogP contribution in [0.2, 0.25) is 5.15 Å². The van der Waals surface area contributed by atoms with Crippen LogP contribution in [0, 0.1) is 6.92 Å². The quantitative estimate of drug-likeness (QED) is 0.509. The average Bonchev–Trinajstić information content (AvgIpc) is 3.04. The Morgan fingerprint density at radius 1 is 1.00 bits per heavy atom. The molecule has 118 valence electrons. The fraction of sp³-hybridized carbons (Fsp3) is 0.0526. The highest BCUT2D eigenvalue weighted by Gasteiger charge is 2.14. The Balaban J connectivity index is 1.79.